The molecular formula is C18H24N4O. The third-order valence-corrected chi connectivity index (χ3v) is 4.64. The van der Waals surface area contributed by atoms with Gasteiger partial charge in [0.05, 0.1) is 0 Å². The third kappa shape index (κ3) is 3.67. The Hall–Kier alpha value is -2.01. The number of nitrogens with one attached hydrogen (secondary N) is 1. The molecule has 1 N–H and O–H groups in total. The Labute approximate surface area is 136 Å². The molecule has 1 fully saturated rings. The van der Waals surface area contributed by atoms with Gasteiger partial charge in [-0.15, -0.1) is 0 Å². The molecule has 0 bridgehead atoms. The summed E-state index contributed by atoms with van der Waals surface area (Å²) in [6.45, 7) is 6.89. The molecule has 1 aliphatic heterocycles. The summed E-state index contributed by atoms with van der Waals surface area (Å²) >= 11 is 0. The maximum absolute atomic E-state index is 12.2. The normalized spacial score (nSPS) is 19.0. The van der Waals surface area contributed by atoms with Crippen LogP contribution in [0.5, 0.6) is 0 Å². The molecule has 5 heteroatoms. The molecule has 23 heavy (non-hydrogen) atoms. The second-order valence-corrected chi connectivity index (χ2v) is 6.30. The molecule has 0 aliphatic carbocycles. The third-order valence-electron chi connectivity index (χ3n) is 4.64. The molecular weight excluding hydrogens is 288 g/mol. The van der Waals surface area contributed by atoms with E-state index in [1.165, 1.54) is 5.56 Å². The number of hydrogen-bond donors (Lipinski definition) is 1. The number of aromatic amines is 1. The van der Waals surface area contributed by atoms with Crippen molar-refractivity contribution in [3.8, 4) is 0 Å². The van der Waals surface area contributed by atoms with Crippen molar-refractivity contribution in [3.05, 3.63) is 57.5 Å². The van der Waals surface area contributed by atoms with Crippen LogP contribution in [0.4, 0.5) is 0 Å². The number of aromatic nitrogens is 3. The molecule has 0 saturated carbocycles. The summed E-state index contributed by atoms with van der Waals surface area (Å²) in [7, 11) is 0. The van der Waals surface area contributed by atoms with Crippen LogP contribution in [0.3, 0.4) is 0 Å². The fourth-order valence-corrected chi connectivity index (χ4v) is 3.41. The first-order chi connectivity index (χ1) is 11.2. The standard InChI is InChI=1S/C18H24N4O/c1-3-16-13(2)20-17(21-18(16)23)15-5-4-10-22(12-15)11-14-6-8-19-9-7-14/h6-9,15H,3-5,10-12H2,1-2H3,(H,20,21,23)/t15-/m1/s1. The molecule has 0 amide bonds. The number of pyridine rings is 1. The largest absolute Gasteiger partial charge is 0.310 e. The van der Waals surface area contributed by atoms with E-state index in [0.29, 0.717) is 5.92 Å². The van der Waals surface area contributed by atoms with Gasteiger partial charge in [-0.1, -0.05) is 6.92 Å². The summed E-state index contributed by atoms with van der Waals surface area (Å²) in [4.78, 5) is 26.4. The van der Waals surface area contributed by atoms with Crippen LogP contribution in [0.1, 0.15) is 48.3 Å². The van der Waals surface area contributed by atoms with Gasteiger partial charge in [-0.25, -0.2) is 4.98 Å². The molecule has 3 heterocycles. The highest BCUT2D eigenvalue weighted by Gasteiger charge is 2.24. The van der Waals surface area contributed by atoms with Crippen LogP contribution in [-0.2, 0) is 13.0 Å². The zero-order valence-electron chi connectivity index (χ0n) is 13.9. The van der Waals surface area contributed by atoms with E-state index in [9.17, 15) is 4.79 Å². The van der Waals surface area contributed by atoms with Crippen molar-refractivity contribution in [3.63, 3.8) is 0 Å². The minimum atomic E-state index is 0.0289. The van der Waals surface area contributed by atoms with E-state index in [1.54, 1.807) is 0 Å². The smallest absolute Gasteiger partial charge is 0.254 e. The van der Waals surface area contributed by atoms with Crippen molar-refractivity contribution in [1.82, 2.24) is 19.9 Å². The van der Waals surface area contributed by atoms with Gasteiger partial charge in [0.25, 0.3) is 5.56 Å². The highest BCUT2D eigenvalue weighted by atomic mass is 16.1. The monoisotopic (exact) mass is 312 g/mol. The molecule has 1 atom stereocenters. The average Bonchev–Trinajstić information content (AvgIpc) is 2.56. The van der Waals surface area contributed by atoms with Crippen LogP contribution in [0.15, 0.2) is 29.3 Å². The molecule has 0 aromatic carbocycles. The zero-order chi connectivity index (χ0) is 16.2. The van der Waals surface area contributed by atoms with E-state index in [4.69, 9.17) is 0 Å². The van der Waals surface area contributed by atoms with E-state index in [2.05, 4.69) is 32.0 Å². The highest BCUT2D eigenvalue weighted by molar-refractivity contribution is 5.18. The Morgan fingerprint density at radius 3 is 2.83 bits per heavy atom. The lowest BCUT2D eigenvalue weighted by molar-refractivity contribution is 0.196. The fourth-order valence-electron chi connectivity index (χ4n) is 3.41. The number of aryl methyl sites for hydroxylation is 1. The topological polar surface area (TPSA) is 61.9 Å². The van der Waals surface area contributed by atoms with Crippen molar-refractivity contribution in [2.45, 2.75) is 45.6 Å². The first-order valence-electron chi connectivity index (χ1n) is 8.38. The molecule has 3 rings (SSSR count). The van der Waals surface area contributed by atoms with E-state index in [0.717, 1.165) is 56.0 Å². The van der Waals surface area contributed by atoms with Gasteiger partial charge >= 0.3 is 0 Å². The van der Waals surface area contributed by atoms with Crippen molar-refractivity contribution >= 4 is 0 Å². The summed E-state index contributed by atoms with van der Waals surface area (Å²) in [5, 5.41) is 0. The van der Waals surface area contributed by atoms with E-state index < -0.39 is 0 Å². The second kappa shape index (κ2) is 7.04. The molecule has 0 unspecified atom stereocenters. The minimum absolute atomic E-state index is 0.0289. The van der Waals surface area contributed by atoms with E-state index >= 15 is 0 Å². The quantitative estimate of drug-likeness (QED) is 0.942. The van der Waals surface area contributed by atoms with Crippen LogP contribution in [0.2, 0.25) is 0 Å². The Morgan fingerprint density at radius 2 is 2.13 bits per heavy atom. The second-order valence-electron chi connectivity index (χ2n) is 6.30. The minimum Gasteiger partial charge on any atom is -0.310 e. The zero-order valence-corrected chi connectivity index (χ0v) is 13.9. The van der Waals surface area contributed by atoms with Crippen LogP contribution in [0.25, 0.3) is 0 Å². The van der Waals surface area contributed by atoms with Gasteiger partial charge in [0.2, 0.25) is 0 Å². The predicted octanol–water partition coefficient (Wildman–Crippen LogP) is 2.42. The first-order valence-corrected chi connectivity index (χ1v) is 8.38. The summed E-state index contributed by atoms with van der Waals surface area (Å²) in [5.41, 5.74) is 2.98. The maximum Gasteiger partial charge on any atom is 0.254 e. The van der Waals surface area contributed by atoms with Crippen LogP contribution in [-0.4, -0.2) is 32.9 Å². The van der Waals surface area contributed by atoms with Crippen molar-refractivity contribution in [2.75, 3.05) is 13.1 Å². The van der Waals surface area contributed by atoms with Crippen LogP contribution in [0, 0.1) is 6.92 Å². The average molecular weight is 312 g/mol. The lowest BCUT2D eigenvalue weighted by atomic mass is 9.96. The first kappa shape index (κ1) is 15.9. The Morgan fingerprint density at radius 1 is 1.35 bits per heavy atom. The van der Waals surface area contributed by atoms with Gasteiger partial charge in [-0.05, 0) is 50.4 Å². The summed E-state index contributed by atoms with van der Waals surface area (Å²) in [6, 6.07) is 4.12. The number of piperidine rings is 1. The molecule has 0 spiro atoms. The van der Waals surface area contributed by atoms with Crippen LogP contribution >= 0.6 is 0 Å². The Balaban J connectivity index is 1.75. The molecule has 2 aromatic heterocycles. The predicted molar refractivity (Wildman–Crippen MR) is 90.5 cm³/mol. The maximum atomic E-state index is 12.2. The molecule has 0 radical (unpaired) electrons. The van der Waals surface area contributed by atoms with Crippen molar-refractivity contribution < 1.29 is 0 Å². The molecule has 5 nitrogen and oxygen atoms in total. The van der Waals surface area contributed by atoms with Gasteiger partial charge in [0.15, 0.2) is 0 Å². The lowest BCUT2D eigenvalue weighted by Crippen LogP contribution is -2.35. The summed E-state index contributed by atoms with van der Waals surface area (Å²) in [6.07, 6.45) is 6.62. The summed E-state index contributed by atoms with van der Waals surface area (Å²) < 4.78 is 0. The highest BCUT2D eigenvalue weighted by Crippen LogP contribution is 2.25. The lowest BCUT2D eigenvalue weighted by Gasteiger charge is -2.32. The number of nitrogens with zero attached hydrogens (tertiary/aromatic N) is 3. The van der Waals surface area contributed by atoms with Gasteiger partial charge < -0.3 is 4.98 Å². The molecule has 1 aliphatic rings. The number of hydrogen-bond acceptors (Lipinski definition) is 4. The van der Waals surface area contributed by atoms with Crippen molar-refractivity contribution in [1.29, 1.82) is 0 Å². The Bertz CT molecular complexity index is 711. The molecule has 122 valence electrons. The van der Waals surface area contributed by atoms with Gasteiger partial charge in [-0.3, -0.25) is 14.7 Å². The van der Waals surface area contributed by atoms with Crippen molar-refractivity contribution in [2.24, 2.45) is 0 Å². The number of rotatable bonds is 4. The SMILES string of the molecule is CCc1c(C)nc([C@@H]2CCCN(Cc3ccncc3)C2)[nH]c1=O. The van der Waals surface area contributed by atoms with E-state index in [-0.39, 0.29) is 5.56 Å². The van der Waals surface area contributed by atoms with Crippen LogP contribution < -0.4 is 5.56 Å². The van der Waals surface area contributed by atoms with Gasteiger partial charge in [-0.2, -0.15) is 0 Å². The molecule has 1 saturated heterocycles. The molecule has 2 aromatic rings. The van der Waals surface area contributed by atoms with E-state index in [1.807, 2.05) is 26.2 Å². The number of likely N-dealkylation sites (tertiary alicyclic amines) is 1. The summed E-state index contributed by atoms with van der Waals surface area (Å²) in [5.74, 6) is 1.16. The fraction of sp³-hybridized carbons (Fsp3) is 0.500. The van der Waals surface area contributed by atoms with Gasteiger partial charge in [0, 0.05) is 42.7 Å². The Kier molecular flexibility index (Phi) is 4.86. The van der Waals surface area contributed by atoms with Gasteiger partial charge in [0.1, 0.15) is 5.82 Å². The number of H-pyrrole nitrogens is 1.